The Kier molecular flexibility index (Phi) is 18.1. The summed E-state index contributed by atoms with van der Waals surface area (Å²) in [5, 5.41) is 15.6. The van der Waals surface area contributed by atoms with Gasteiger partial charge in [-0.1, -0.05) is 115 Å². The lowest BCUT2D eigenvalue weighted by Crippen LogP contribution is -2.48. The quantitative estimate of drug-likeness (QED) is 0.0546. The molecule has 0 saturated carbocycles. The summed E-state index contributed by atoms with van der Waals surface area (Å²) in [6.07, 6.45) is 4.98. The van der Waals surface area contributed by atoms with Crippen LogP contribution in [0.1, 0.15) is 47.9 Å². The van der Waals surface area contributed by atoms with Gasteiger partial charge in [0.25, 0.3) is 0 Å². The summed E-state index contributed by atoms with van der Waals surface area (Å²) in [4.78, 5) is 53.7. The van der Waals surface area contributed by atoms with Gasteiger partial charge in [0, 0.05) is 6.42 Å². The van der Waals surface area contributed by atoms with Gasteiger partial charge >= 0.3 is 11.9 Å². The molecule has 0 aromatic heterocycles. The fraction of sp³-hybridized carbons (Fsp3) is 0.304. The standard InChI is InChI=1S/C46H52N2O8/c1-3-5-22-39(27-34-16-9-6-10-17-34)45(52)56-33-42(46(53)55-32-37-20-13-8-14-21-37)48-44(51)38(15-4-2)29-43(50)47-40(30-49)28-35-23-25-41(26-24-35)54-31-36-18-11-7-12-19-36/h3-4,6-14,16-21,23-26,38-40,42,49H,1-2,5,15,22,27-33H2,(H,47,50)(H,48,51). The van der Waals surface area contributed by atoms with E-state index in [1.807, 2.05) is 103 Å². The van der Waals surface area contributed by atoms with Gasteiger partial charge in [0.1, 0.15) is 25.6 Å². The number of aliphatic hydroxyl groups is 1. The first-order valence-corrected chi connectivity index (χ1v) is 18.9. The number of rotatable bonds is 24. The van der Waals surface area contributed by atoms with Gasteiger partial charge in [-0.2, -0.15) is 0 Å². The molecule has 4 atom stereocenters. The third-order valence-electron chi connectivity index (χ3n) is 9.09. The monoisotopic (exact) mass is 760 g/mol. The van der Waals surface area contributed by atoms with Crippen LogP contribution in [0.15, 0.2) is 141 Å². The second-order valence-electron chi connectivity index (χ2n) is 13.5. The molecule has 294 valence electrons. The molecular weight excluding hydrogens is 709 g/mol. The van der Waals surface area contributed by atoms with Crippen molar-refractivity contribution in [1.82, 2.24) is 10.6 Å². The van der Waals surface area contributed by atoms with Gasteiger partial charge in [-0.25, -0.2) is 4.79 Å². The molecule has 56 heavy (non-hydrogen) atoms. The number of carbonyl (C=O) groups is 4. The predicted molar refractivity (Wildman–Crippen MR) is 215 cm³/mol. The van der Waals surface area contributed by atoms with Gasteiger partial charge in [-0.05, 0) is 66.5 Å². The zero-order chi connectivity index (χ0) is 40.0. The zero-order valence-corrected chi connectivity index (χ0v) is 31.7. The minimum absolute atomic E-state index is 0.0551. The Balaban J connectivity index is 1.37. The van der Waals surface area contributed by atoms with E-state index in [2.05, 4.69) is 23.8 Å². The number of aliphatic hydroxyl groups excluding tert-OH is 1. The highest BCUT2D eigenvalue weighted by molar-refractivity contribution is 5.89. The van der Waals surface area contributed by atoms with Crippen molar-refractivity contribution < 1.29 is 38.5 Å². The van der Waals surface area contributed by atoms with Crippen LogP contribution >= 0.6 is 0 Å². The Hall–Kier alpha value is -6.00. The van der Waals surface area contributed by atoms with Gasteiger partial charge in [-0.3, -0.25) is 14.4 Å². The van der Waals surface area contributed by atoms with Gasteiger partial charge in [-0.15, -0.1) is 13.2 Å². The topological polar surface area (TPSA) is 140 Å². The SMILES string of the molecule is C=CCCC(Cc1ccccc1)C(=O)OCC(NC(=O)C(CC=C)CC(=O)NC(CO)Cc1ccc(OCc2ccccc2)cc1)C(=O)OCc1ccccc1. The van der Waals surface area contributed by atoms with Crippen LogP contribution in [0.3, 0.4) is 0 Å². The summed E-state index contributed by atoms with van der Waals surface area (Å²) in [5.74, 6) is -3.11. The Labute approximate surface area is 329 Å². The second-order valence-corrected chi connectivity index (χ2v) is 13.5. The summed E-state index contributed by atoms with van der Waals surface area (Å²) in [7, 11) is 0. The number of amides is 2. The van der Waals surface area contributed by atoms with Crippen molar-refractivity contribution in [3.05, 3.63) is 163 Å². The minimum Gasteiger partial charge on any atom is -0.489 e. The highest BCUT2D eigenvalue weighted by Gasteiger charge is 2.30. The van der Waals surface area contributed by atoms with Gasteiger partial charge in [0.05, 0.1) is 24.5 Å². The van der Waals surface area contributed by atoms with E-state index in [9.17, 15) is 24.3 Å². The Morgan fingerprint density at radius 3 is 1.82 bits per heavy atom. The van der Waals surface area contributed by atoms with E-state index >= 15 is 0 Å². The number of hydrogen-bond acceptors (Lipinski definition) is 8. The van der Waals surface area contributed by atoms with Crippen molar-refractivity contribution in [2.45, 2.75) is 63.8 Å². The van der Waals surface area contributed by atoms with Crippen molar-refractivity contribution in [3.63, 3.8) is 0 Å². The van der Waals surface area contributed by atoms with Crippen molar-refractivity contribution in [3.8, 4) is 5.75 Å². The molecule has 0 bridgehead atoms. The molecule has 2 amide bonds. The van der Waals surface area contributed by atoms with Gasteiger partial charge < -0.3 is 30.0 Å². The van der Waals surface area contributed by atoms with Crippen LogP contribution in [0, 0.1) is 11.8 Å². The normalized spacial score (nSPS) is 12.9. The van der Waals surface area contributed by atoms with Crippen molar-refractivity contribution in [2.75, 3.05) is 13.2 Å². The number of nitrogens with one attached hydrogen (secondary N) is 2. The van der Waals surface area contributed by atoms with Crippen molar-refractivity contribution >= 4 is 23.8 Å². The Morgan fingerprint density at radius 1 is 0.643 bits per heavy atom. The zero-order valence-electron chi connectivity index (χ0n) is 31.7. The van der Waals surface area contributed by atoms with E-state index < -0.39 is 54.3 Å². The van der Waals surface area contributed by atoms with E-state index in [1.54, 1.807) is 18.2 Å². The molecule has 0 fully saturated rings. The average molecular weight is 761 g/mol. The summed E-state index contributed by atoms with van der Waals surface area (Å²) in [6.45, 7) is 7.10. The lowest BCUT2D eigenvalue weighted by molar-refractivity contribution is -0.157. The third kappa shape index (κ3) is 15.0. The number of ether oxygens (including phenoxy) is 3. The van der Waals surface area contributed by atoms with Crippen LogP contribution in [0.2, 0.25) is 0 Å². The predicted octanol–water partition coefficient (Wildman–Crippen LogP) is 6.46. The molecular formula is C46H52N2O8. The minimum atomic E-state index is -1.34. The number of benzene rings is 4. The highest BCUT2D eigenvalue weighted by Crippen LogP contribution is 2.19. The summed E-state index contributed by atoms with van der Waals surface area (Å²) >= 11 is 0. The van der Waals surface area contributed by atoms with Crippen LogP contribution in [-0.4, -0.2) is 54.2 Å². The molecule has 0 radical (unpaired) electrons. The molecule has 0 aliphatic heterocycles. The fourth-order valence-corrected chi connectivity index (χ4v) is 5.99. The molecule has 10 heteroatoms. The Bertz CT molecular complexity index is 1820. The number of carbonyl (C=O) groups excluding carboxylic acids is 4. The van der Waals surface area contributed by atoms with Crippen molar-refractivity contribution in [1.29, 1.82) is 0 Å². The van der Waals surface area contributed by atoms with E-state index in [1.165, 1.54) is 6.08 Å². The van der Waals surface area contributed by atoms with Crippen LogP contribution in [0.4, 0.5) is 0 Å². The molecule has 0 spiro atoms. The molecule has 0 saturated heterocycles. The van der Waals surface area contributed by atoms with Crippen LogP contribution in [-0.2, 0) is 54.7 Å². The van der Waals surface area contributed by atoms with E-state index in [-0.39, 0.29) is 26.1 Å². The molecule has 4 aromatic carbocycles. The lowest BCUT2D eigenvalue weighted by atomic mass is 9.95. The maximum Gasteiger partial charge on any atom is 0.332 e. The largest absolute Gasteiger partial charge is 0.489 e. The van der Waals surface area contributed by atoms with E-state index in [4.69, 9.17) is 14.2 Å². The average Bonchev–Trinajstić information content (AvgIpc) is 3.23. The van der Waals surface area contributed by atoms with E-state index in [0.717, 1.165) is 22.3 Å². The van der Waals surface area contributed by atoms with Crippen LogP contribution in [0.25, 0.3) is 0 Å². The molecule has 0 aliphatic carbocycles. The summed E-state index contributed by atoms with van der Waals surface area (Å²) in [5.41, 5.74) is 3.62. The lowest BCUT2D eigenvalue weighted by Gasteiger charge is -2.23. The highest BCUT2D eigenvalue weighted by atomic mass is 16.6. The smallest absolute Gasteiger partial charge is 0.332 e. The number of esters is 2. The maximum atomic E-state index is 13.7. The van der Waals surface area contributed by atoms with Crippen LogP contribution < -0.4 is 15.4 Å². The molecule has 4 aromatic rings. The van der Waals surface area contributed by atoms with Crippen LogP contribution in [0.5, 0.6) is 5.75 Å². The molecule has 3 N–H and O–H groups in total. The first-order valence-electron chi connectivity index (χ1n) is 18.9. The van der Waals surface area contributed by atoms with Gasteiger partial charge in [0.2, 0.25) is 11.8 Å². The molecule has 4 rings (SSSR count). The van der Waals surface area contributed by atoms with Gasteiger partial charge in [0.15, 0.2) is 6.04 Å². The second kappa shape index (κ2) is 23.7. The number of hydrogen-bond donors (Lipinski definition) is 3. The first kappa shape index (κ1) is 42.7. The summed E-state index contributed by atoms with van der Waals surface area (Å²) < 4.78 is 17.1. The Morgan fingerprint density at radius 2 is 1.23 bits per heavy atom. The maximum absolute atomic E-state index is 13.7. The first-order chi connectivity index (χ1) is 27.3. The number of allylic oxidation sites excluding steroid dienone is 2. The molecule has 0 heterocycles. The molecule has 0 aliphatic rings. The van der Waals surface area contributed by atoms with Crippen molar-refractivity contribution in [2.24, 2.45) is 11.8 Å². The summed E-state index contributed by atoms with van der Waals surface area (Å²) in [6, 6.07) is 33.9. The van der Waals surface area contributed by atoms with E-state index in [0.29, 0.717) is 38.0 Å². The third-order valence-corrected chi connectivity index (χ3v) is 9.09. The fourth-order valence-electron chi connectivity index (χ4n) is 5.99. The molecule has 10 nitrogen and oxygen atoms in total. The molecule has 4 unspecified atom stereocenters.